The van der Waals surface area contributed by atoms with E-state index in [0.29, 0.717) is 12.8 Å². The van der Waals surface area contributed by atoms with Gasteiger partial charge in [-0.1, -0.05) is 19.0 Å². The monoisotopic (exact) mass is 294 g/mol. The van der Waals surface area contributed by atoms with E-state index in [1.807, 2.05) is 0 Å². The van der Waals surface area contributed by atoms with E-state index >= 15 is 0 Å². The van der Waals surface area contributed by atoms with Crippen molar-refractivity contribution in [3.63, 3.8) is 0 Å². The van der Waals surface area contributed by atoms with Crippen LogP contribution >= 0.6 is 0 Å². The largest absolute Gasteiger partial charge is 0.481 e. The molecule has 1 aromatic rings. The number of nitrogens with one attached hydrogen (secondary N) is 1. The van der Waals surface area contributed by atoms with Gasteiger partial charge < -0.3 is 14.9 Å². The molecule has 2 rings (SSSR count). The highest BCUT2D eigenvalue weighted by atomic mass is 16.5. The Hall–Kier alpha value is -1.85. The summed E-state index contributed by atoms with van der Waals surface area (Å²) in [6.45, 7) is 4.14. The number of carboxylic acid groups (broad SMARTS) is 1. The fourth-order valence-corrected chi connectivity index (χ4v) is 2.84. The zero-order chi connectivity index (χ0) is 15.5. The van der Waals surface area contributed by atoms with Gasteiger partial charge >= 0.3 is 5.97 Å². The molecule has 1 aliphatic carbocycles. The van der Waals surface area contributed by atoms with Crippen molar-refractivity contribution in [2.45, 2.75) is 63.8 Å². The summed E-state index contributed by atoms with van der Waals surface area (Å²) < 4.78 is 5.12. The molecule has 2 N–H and O–H groups in total. The molecule has 0 aliphatic heterocycles. The molecule has 116 valence electrons. The molecule has 1 fully saturated rings. The van der Waals surface area contributed by atoms with Gasteiger partial charge in [-0.3, -0.25) is 9.59 Å². The Morgan fingerprint density at radius 1 is 1.43 bits per heavy atom. The van der Waals surface area contributed by atoms with Gasteiger partial charge in [0.2, 0.25) is 5.76 Å². The maximum absolute atomic E-state index is 12.2. The zero-order valence-electron chi connectivity index (χ0n) is 12.5. The van der Waals surface area contributed by atoms with Crippen LogP contribution < -0.4 is 5.32 Å². The first-order valence-electron chi connectivity index (χ1n) is 7.50. The smallest absolute Gasteiger partial charge is 0.305 e. The molecule has 6 heteroatoms. The quantitative estimate of drug-likeness (QED) is 0.806. The minimum absolute atomic E-state index is 0.0493. The van der Waals surface area contributed by atoms with Crippen LogP contribution in [0.4, 0.5) is 0 Å². The van der Waals surface area contributed by atoms with Crippen LogP contribution in [0.5, 0.6) is 0 Å². The van der Waals surface area contributed by atoms with E-state index in [1.54, 1.807) is 6.07 Å². The van der Waals surface area contributed by atoms with Gasteiger partial charge in [-0.05, 0) is 32.1 Å². The van der Waals surface area contributed by atoms with Crippen molar-refractivity contribution in [3.05, 3.63) is 17.5 Å². The van der Waals surface area contributed by atoms with Gasteiger partial charge in [-0.2, -0.15) is 0 Å². The molecular weight excluding hydrogens is 272 g/mol. The lowest BCUT2D eigenvalue weighted by Crippen LogP contribution is -2.54. The van der Waals surface area contributed by atoms with Crippen LogP contribution in [0.15, 0.2) is 10.6 Å². The second-order valence-corrected chi connectivity index (χ2v) is 5.79. The molecule has 0 saturated heterocycles. The van der Waals surface area contributed by atoms with Crippen molar-refractivity contribution >= 4 is 11.9 Å². The minimum Gasteiger partial charge on any atom is -0.481 e. The Kier molecular flexibility index (Phi) is 4.65. The van der Waals surface area contributed by atoms with Crippen LogP contribution in [0.3, 0.4) is 0 Å². The Morgan fingerprint density at radius 3 is 2.57 bits per heavy atom. The predicted octanol–water partition coefficient (Wildman–Crippen LogP) is 2.71. The van der Waals surface area contributed by atoms with Crippen LogP contribution in [-0.2, 0) is 4.79 Å². The number of carbonyl (C=O) groups is 2. The fourth-order valence-electron chi connectivity index (χ4n) is 2.84. The summed E-state index contributed by atoms with van der Waals surface area (Å²) in [6.07, 6.45) is 4.15. The molecule has 0 unspecified atom stereocenters. The molecular formula is C15H22N2O4. The third-order valence-corrected chi connectivity index (χ3v) is 4.34. The Labute approximate surface area is 123 Å². The summed E-state index contributed by atoms with van der Waals surface area (Å²) in [6, 6.07) is 1.67. The molecule has 1 aliphatic rings. The predicted molar refractivity (Wildman–Crippen MR) is 76.1 cm³/mol. The van der Waals surface area contributed by atoms with E-state index < -0.39 is 11.5 Å². The van der Waals surface area contributed by atoms with Gasteiger partial charge in [0.25, 0.3) is 5.91 Å². The molecule has 0 aromatic carbocycles. The summed E-state index contributed by atoms with van der Waals surface area (Å²) in [5, 5.41) is 15.7. The Balaban J connectivity index is 2.05. The number of aliphatic carboxylic acids is 1. The van der Waals surface area contributed by atoms with E-state index in [2.05, 4.69) is 24.3 Å². The third-order valence-electron chi connectivity index (χ3n) is 4.34. The molecule has 0 atom stereocenters. The third kappa shape index (κ3) is 3.43. The topological polar surface area (TPSA) is 92.4 Å². The van der Waals surface area contributed by atoms with Crippen molar-refractivity contribution in [1.82, 2.24) is 10.5 Å². The summed E-state index contributed by atoms with van der Waals surface area (Å²) in [5.41, 5.74) is 0.163. The number of nitrogens with zero attached hydrogens (tertiary/aromatic N) is 1. The second-order valence-electron chi connectivity index (χ2n) is 5.79. The van der Waals surface area contributed by atoms with Gasteiger partial charge in [0.15, 0.2) is 0 Å². The van der Waals surface area contributed by atoms with Gasteiger partial charge in [-0.15, -0.1) is 0 Å². The molecule has 1 saturated carbocycles. The van der Waals surface area contributed by atoms with Crippen molar-refractivity contribution in [3.8, 4) is 0 Å². The fraction of sp³-hybridized carbons (Fsp3) is 0.667. The Bertz CT molecular complexity index is 515. The first kappa shape index (κ1) is 15.5. The highest BCUT2D eigenvalue weighted by molar-refractivity contribution is 5.92. The molecule has 6 nitrogen and oxygen atoms in total. The summed E-state index contributed by atoms with van der Waals surface area (Å²) in [7, 11) is 0. The molecule has 0 bridgehead atoms. The number of rotatable bonds is 7. The highest BCUT2D eigenvalue weighted by Gasteiger charge is 2.41. The molecule has 1 aromatic heterocycles. The minimum atomic E-state index is -0.898. The SMILES string of the molecule is CCC(CC)c1cc(C(=O)NC2(CC(=O)O)CCC2)on1. The Morgan fingerprint density at radius 2 is 2.10 bits per heavy atom. The average Bonchev–Trinajstić information content (AvgIpc) is 2.86. The van der Waals surface area contributed by atoms with Crippen LogP contribution in [0.2, 0.25) is 0 Å². The normalized spacial score (nSPS) is 16.5. The van der Waals surface area contributed by atoms with Crippen LogP contribution in [0.25, 0.3) is 0 Å². The number of carboxylic acids is 1. The average molecular weight is 294 g/mol. The van der Waals surface area contributed by atoms with Crippen molar-refractivity contribution in [1.29, 1.82) is 0 Å². The molecule has 21 heavy (non-hydrogen) atoms. The van der Waals surface area contributed by atoms with E-state index in [4.69, 9.17) is 9.63 Å². The van der Waals surface area contributed by atoms with Crippen LogP contribution in [0, 0.1) is 0 Å². The lowest BCUT2D eigenvalue weighted by Gasteiger charge is -2.41. The van der Waals surface area contributed by atoms with Crippen molar-refractivity contribution < 1.29 is 19.2 Å². The van der Waals surface area contributed by atoms with E-state index in [0.717, 1.165) is 25.0 Å². The lowest BCUT2D eigenvalue weighted by atomic mass is 9.74. The summed E-state index contributed by atoms with van der Waals surface area (Å²) in [4.78, 5) is 23.1. The zero-order valence-corrected chi connectivity index (χ0v) is 12.5. The lowest BCUT2D eigenvalue weighted by molar-refractivity contribution is -0.139. The van der Waals surface area contributed by atoms with Crippen LogP contribution in [0.1, 0.15) is 74.5 Å². The number of hydrogen-bond acceptors (Lipinski definition) is 4. The van der Waals surface area contributed by atoms with E-state index in [1.165, 1.54) is 0 Å². The molecule has 0 spiro atoms. The van der Waals surface area contributed by atoms with Crippen molar-refractivity contribution in [2.24, 2.45) is 0 Å². The molecule has 1 amide bonds. The van der Waals surface area contributed by atoms with Gasteiger partial charge in [0.1, 0.15) is 0 Å². The van der Waals surface area contributed by atoms with Crippen LogP contribution in [-0.4, -0.2) is 27.7 Å². The van der Waals surface area contributed by atoms with Gasteiger partial charge in [-0.25, -0.2) is 0 Å². The number of hydrogen-bond donors (Lipinski definition) is 2. The van der Waals surface area contributed by atoms with E-state index in [-0.39, 0.29) is 24.0 Å². The van der Waals surface area contributed by atoms with Gasteiger partial charge in [0, 0.05) is 12.0 Å². The van der Waals surface area contributed by atoms with Gasteiger partial charge in [0.05, 0.1) is 17.7 Å². The van der Waals surface area contributed by atoms with Crippen molar-refractivity contribution in [2.75, 3.05) is 0 Å². The highest BCUT2D eigenvalue weighted by Crippen LogP contribution is 2.35. The number of carbonyl (C=O) groups excluding carboxylic acids is 1. The van der Waals surface area contributed by atoms with E-state index in [9.17, 15) is 9.59 Å². The summed E-state index contributed by atoms with van der Waals surface area (Å²) in [5.74, 6) is -0.827. The molecule has 0 radical (unpaired) electrons. The second kappa shape index (κ2) is 6.28. The molecule has 1 heterocycles. The standard InChI is InChI=1S/C15H22N2O4/c1-3-10(4-2)11-8-12(21-17-11)14(20)16-15(6-5-7-15)9-13(18)19/h8,10H,3-7,9H2,1-2H3,(H,16,20)(H,18,19). The number of aromatic nitrogens is 1. The first-order chi connectivity index (χ1) is 9.99. The number of amides is 1. The maximum atomic E-state index is 12.2. The first-order valence-corrected chi connectivity index (χ1v) is 7.50. The maximum Gasteiger partial charge on any atom is 0.305 e. The summed E-state index contributed by atoms with van der Waals surface area (Å²) >= 11 is 0.